The number of hydrogen-bond donors (Lipinski definition) is 1. The fourth-order valence-corrected chi connectivity index (χ4v) is 5.44. The summed E-state index contributed by atoms with van der Waals surface area (Å²) in [5, 5.41) is 2.46. The van der Waals surface area contributed by atoms with Gasteiger partial charge in [-0.3, -0.25) is 4.79 Å². The minimum Gasteiger partial charge on any atom is -0.449 e. The Morgan fingerprint density at radius 2 is 1.76 bits per heavy atom. The molecule has 1 fully saturated rings. The van der Waals surface area contributed by atoms with E-state index in [9.17, 15) is 22.4 Å². The van der Waals surface area contributed by atoms with E-state index in [1.165, 1.54) is 47.6 Å². The van der Waals surface area contributed by atoms with Gasteiger partial charge in [-0.2, -0.15) is 4.31 Å². The molecule has 1 heterocycles. The molecule has 178 valence electrons. The van der Waals surface area contributed by atoms with Gasteiger partial charge in [0.1, 0.15) is 10.7 Å². The zero-order valence-electron chi connectivity index (χ0n) is 18.2. The lowest BCUT2D eigenvalue weighted by molar-refractivity contribution is -0.123. The van der Waals surface area contributed by atoms with Gasteiger partial charge >= 0.3 is 5.97 Å². The Labute approximate surface area is 196 Å². The summed E-state index contributed by atoms with van der Waals surface area (Å²) >= 11 is 6.15. The van der Waals surface area contributed by atoms with Crippen LogP contribution in [0.5, 0.6) is 0 Å². The highest BCUT2D eigenvalue weighted by molar-refractivity contribution is 7.89. The first-order chi connectivity index (χ1) is 15.5. The van der Waals surface area contributed by atoms with E-state index in [0.717, 1.165) is 6.07 Å². The lowest BCUT2D eigenvalue weighted by atomic mass is 10.2. The monoisotopic (exact) mass is 498 g/mol. The van der Waals surface area contributed by atoms with Crippen molar-refractivity contribution in [3.8, 4) is 0 Å². The van der Waals surface area contributed by atoms with Gasteiger partial charge in [-0.25, -0.2) is 17.6 Å². The van der Waals surface area contributed by atoms with E-state index in [1.54, 1.807) is 13.8 Å². The maximum absolute atomic E-state index is 13.2. The molecule has 2 aromatic rings. The number of nitrogens with one attached hydrogen (secondary N) is 1. The van der Waals surface area contributed by atoms with Crippen LogP contribution in [0.2, 0.25) is 5.02 Å². The van der Waals surface area contributed by atoms with Gasteiger partial charge in [0, 0.05) is 18.8 Å². The number of anilines is 1. The molecule has 0 saturated carbocycles. The van der Waals surface area contributed by atoms with Crippen LogP contribution in [0.25, 0.3) is 0 Å². The number of carbonyl (C=O) groups is 2. The Hall–Kier alpha value is -2.53. The number of ether oxygens (including phenoxy) is 2. The average molecular weight is 499 g/mol. The van der Waals surface area contributed by atoms with Crippen LogP contribution in [0.3, 0.4) is 0 Å². The first-order valence-corrected chi connectivity index (χ1v) is 12.0. The quantitative estimate of drug-likeness (QED) is 0.612. The van der Waals surface area contributed by atoms with Crippen LogP contribution in [0.15, 0.2) is 47.4 Å². The SMILES string of the molecule is CC1CN(S(=O)(=O)c2cc(C(=O)OC(C)C(=O)Nc3ccc(F)cc3)ccc2Cl)CC(C)O1. The number of hydrogen-bond acceptors (Lipinski definition) is 6. The van der Waals surface area contributed by atoms with Crippen LogP contribution in [0, 0.1) is 5.82 Å². The fraction of sp³-hybridized carbons (Fsp3) is 0.364. The van der Waals surface area contributed by atoms with E-state index in [2.05, 4.69) is 5.32 Å². The summed E-state index contributed by atoms with van der Waals surface area (Å²) < 4.78 is 51.4. The summed E-state index contributed by atoms with van der Waals surface area (Å²) in [6.07, 6.45) is -1.79. The number of esters is 1. The first kappa shape index (κ1) is 25.1. The van der Waals surface area contributed by atoms with Crippen molar-refractivity contribution in [1.82, 2.24) is 4.31 Å². The molecule has 1 aliphatic rings. The molecule has 0 bridgehead atoms. The van der Waals surface area contributed by atoms with Gasteiger partial charge in [0.2, 0.25) is 10.0 Å². The molecule has 1 saturated heterocycles. The smallest absolute Gasteiger partial charge is 0.338 e. The van der Waals surface area contributed by atoms with Crippen molar-refractivity contribution in [3.05, 3.63) is 58.9 Å². The van der Waals surface area contributed by atoms with E-state index in [0.29, 0.717) is 5.69 Å². The molecular weight excluding hydrogens is 475 g/mol. The summed E-state index contributed by atoms with van der Waals surface area (Å²) in [6, 6.07) is 8.84. The largest absolute Gasteiger partial charge is 0.449 e. The number of nitrogens with zero attached hydrogens (tertiary/aromatic N) is 1. The predicted octanol–water partition coefficient (Wildman–Crippen LogP) is 3.46. The number of benzene rings is 2. The van der Waals surface area contributed by atoms with Gasteiger partial charge in [-0.15, -0.1) is 0 Å². The Morgan fingerprint density at radius 1 is 1.15 bits per heavy atom. The Balaban J connectivity index is 1.74. The zero-order valence-corrected chi connectivity index (χ0v) is 19.8. The maximum Gasteiger partial charge on any atom is 0.338 e. The van der Waals surface area contributed by atoms with Crippen LogP contribution in [-0.2, 0) is 24.3 Å². The molecule has 0 spiro atoms. The minimum absolute atomic E-state index is 0.0413. The van der Waals surface area contributed by atoms with Crippen LogP contribution in [-0.4, -0.2) is 56.0 Å². The van der Waals surface area contributed by atoms with Crippen molar-refractivity contribution in [1.29, 1.82) is 0 Å². The van der Waals surface area contributed by atoms with E-state index in [1.807, 2.05) is 0 Å². The standard InChI is InChI=1S/C22H24ClFN2O6S/c1-13-11-26(12-14(2)31-13)33(29,30)20-10-16(4-9-19(20)23)22(28)32-15(3)21(27)25-18-7-5-17(24)6-8-18/h4-10,13-15H,11-12H2,1-3H3,(H,25,27). The number of sulfonamides is 1. The van der Waals surface area contributed by atoms with Crippen molar-refractivity contribution in [2.24, 2.45) is 0 Å². The van der Waals surface area contributed by atoms with Gasteiger partial charge in [0.05, 0.1) is 22.8 Å². The van der Waals surface area contributed by atoms with Crippen molar-refractivity contribution < 1.29 is 31.9 Å². The molecule has 2 aromatic carbocycles. The third kappa shape index (κ3) is 6.08. The van der Waals surface area contributed by atoms with Crippen LogP contribution in [0.4, 0.5) is 10.1 Å². The molecule has 11 heteroatoms. The van der Waals surface area contributed by atoms with Crippen LogP contribution in [0.1, 0.15) is 31.1 Å². The molecule has 3 unspecified atom stereocenters. The van der Waals surface area contributed by atoms with Crippen molar-refractivity contribution in [2.75, 3.05) is 18.4 Å². The molecule has 0 aliphatic carbocycles. The highest BCUT2D eigenvalue weighted by Gasteiger charge is 2.34. The minimum atomic E-state index is -4.00. The Morgan fingerprint density at radius 3 is 2.36 bits per heavy atom. The second-order valence-corrected chi connectivity index (χ2v) is 10.1. The summed E-state index contributed by atoms with van der Waals surface area (Å²) in [7, 11) is -4.00. The normalized spacial score (nSPS) is 20.2. The van der Waals surface area contributed by atoms with Gasteiger partial charge in [0.15, 0.2) is 6.10 Å². The van der Waals surface area contributed by atoms with Gasteiger partial charge in [-0.05, 0) is 63.2 Å². The fourth-order valence-electron chi connectivity index (χ4n) is 3.35. The van der Waals surface area contributed by atoms with E-state index in [4.69, 9.17) is 21.1 Å². The summed E-state index contributed by atoms with van der Waals surface area (Å²) in [4.78, 5) is 24.7. The summed E-state index contributed by atoms with van der Waals surface area (Å²) in [6.45, 7) is 5.20. The van der Waals surface area contributed by atoms with Crippen LogP contribution < -0.4 is 5.32 Å². The van der Waals surface area contributed by atoms with Gasteiger partial charge < -0.3 is 14.8 Å². The molecular formula is C22H24ClFN2O6S. The molecule has 1 amide bonds. The molecule has 3 atom stereocenters. The average Bonchev–Trinajstić information content (AvgIpc) is 2.74. The van der Waals surface area contributed by atoms with Crippen molar-refractivity contribution in [2.45, 2.75) is 44.0 Å². The first-order valence-electron chi connectivity index (χ1n) is 10.2. The number of morpholine rings is 1. The molecule has 0 radical (unpaired) electrons. The predicted molar refractivity (Wildman–Crippen MR) is 120 cm³/mol. The lowest BCUT2D eigenvalue weighted by Gasteiger charge is -2.34. The zero-order chi connectivity index (χ0) is 24.3. The highest BCUT2D eigenvalue weighted by atomic mass is 35.5. The molecule has 3 rings (SSSR count). The molecule has 8 nitrogen and oxygen atoms in total. The molecule has 0 aromatic heterocycles. The maximum atomic E-state index is 13.2. The molecule has 33 heavy (non-hydrogen) atoms. The highest BCUT2D eigenvalue weighted by Crippen LogP contribution is 2.28. The Kier molecular flexibility index (Phi) is 7.73. The topological polar surface area (TPSA) is 102 Å². The third-order valence-corrected chi connectivity index (χ3v) is 7.25. The number of amides is 1. The van der Waals surface area contributed by atoms with E-state index in [-0.39, 0.29) is 40.8 Å². The van der Waals surface area contributed by atoms with Crippen molar-refractivity contribution >= 4 is 39.2 Å². The van der Waals surface area contributed by atoms with Gasteiger partial charge in [-0.1, -0.05) is 11.6 Å². The van der Waals surface area contributed by atoms with E-state index < -0.39 is 33.8 Å². The summed E-state index contributed by atoms with van der Waals surface area (Å²) in [5.74, 6) is -1.98. The Bertz CT molecular complexity index is 1130. The van der Waals surface area contributed by atoms with Gasteiger partial charge in [0.25, 0.3) is 5.91 Å². The third-order valence-electron chi connectivity index (χ3n) is 4.94. The molecule has 1 N–H and O–H groups in total. The number of rotatable bonds is 6. The second-order valence-electron chi connectivity index (χ2n) is 7.77. The summed E-state index contributed by atoms with van der Waals surface area (Å²) in [5.41, 5.74) is 0.256. The van der Waals surface area contributed by atoms with E-state index >= 15 is 0 Å². The second kappa shape index (κ2) is 10.2. The number of carbonyl (C=O) groups excluding carboxylic acids is 2. The molecule has 1 aliphatic heterocycles. The van der Waals surface area contributed by atoms with Crippen LogP contribution >= 0.6 is 11.6 Å². The lowest BCUT2D eigenvalue weighted by Crippen LogP contribution is -2.48. The van der Waals surface area contributed by atoms with Crippen molar-refractivity contribution in [3.63, 3.8) is 0 Å². The number of halogens is 2.